The molecule has 0 heterocycles. The van der Waals surface area contributed by atoms with Crippen LogP contribution >= 0.6 is 0 Å². The summed E-state index contributed by atoms with van der Waals surface area (Å²) in [5.41, 5.74) is 1.90. The summed E-state index contributed by atoms with van der Waals surface area (Å²) in [6, 6.07) is 11.1. The predicted molar refractivity (Wildman–Crippen MR) is 95.7 cm³/mol. The molecule has 2 unspecified atom stereocenters. The molecule has 1 aromatic rings. The fourth-order valence-corrected chi connectivity index (χ4v) is 4.04. The number of hydrogen-bond donors (Lipinski definition) is 0. The second kappa shape index (κ2) is 8.61. The zero-order chi connectivity index (χ0) is 15.9. The summed E-state index contributed by atoms with van der Waals surface area (Å²) in [4.78, 5) is 0. The van der Waals surface area contributed by atoms with Crippen LogP contribution in [0, 0.1) is 17.3 Å². The number of benzene rings is 1. The van der Waals surface area contributed by atoms with Gasteiger partial charge in [0, 0.05) is 0 Å². The normalized spacial score (nSPS) is 15.2. The second-order valence-electron chi connectivity index (χ2n) is 7.62. The fourth-order valence-electron chi connectivity index (χ4n) is 4.04. The van der Waals surface area contributed by atoms with Gasteiger partial charge in [-0.2, -0.15) is 0 Å². The van der Waals surface area contributed by atoms with Crippen molar-refractivity contribution >= 4 is 0 Å². The minimum Gasteiger partial charge on any atom is -0.0651 e. The van der Waals surface area contributed by atoms with Crippen LogP contribution in [0.3, 0.4) is 0 Å². The van der Waals surface area contributed by atoms with E-state index in [0.29, 0.717) is 11.3 Å². The Morgan fingerprint density at radius 2 is 1.52 bits per heavy atom. The summed E-state index contributed by atoms with van der Waals surface area (Å²) in [6.07, 6.45) is 6.66. The standard InChI is InChI=1S/C21H36/c1-7-19(16-12-13-17(3)4)21(5,6)20(8-2)18-14-10-9-11-15-18/h9-11,14-15,17,19-20H,7-8,12-13,16H2,1-6H3. The van der Waals surface area contributed by atoms with Crippen LogP contribution in [-0.2, 0) is 0 Å². The van der Waals surface area contributed by atoms with Crippen LogP contribution in [-0.4, -0.2) is 0 Å². The Bertz CT molecular complexity index is 374. The van der Waals surface area contributed by atoms with Gasteiger partial charge in [-0.25, -0.2) is 0 Å². The van der Waals surface area contributed by atoms with Crippen molar-refractivity contribution in [3.63, 3.8) is 0 Å². The van der Waals surface area contributed by atoms with Gasteiger partial charge in [-0.1, -0.05) is 91.1 Å². The van der Waals surface area contributed by atoms with E-state index in [1.807, 2.05) is 0 Å². The highest BCUT2D eigenvalue weighted by Gasteiger charge is 2.35. The quantitative estimate of drug-likeness (QED) is 0.456. The third kappa shape index (κ3) is 5.16. The molecular weight excluding hydrogens is 252 g/mol. The molecule has 2 atom stereocenters. The Morgan fingerprint density at radius 1 is 0.905 bits per heavy atom. The molecule has 1 rings (SSSR count). The molecule has 0 aliphatic rings. The summed E-state index contributed by atoms with van der Waals surface area (Å²) < 4.78 is 0. The van der Waals surface area contributed by atoms with Gasteiger partial charge in [-0.05, 0) is 41.6 Å². The molecule has 0 fully saturated rings. The molecule has 21 heavy (non-hydrogen) atoms. The molecule has 1 aromatic carbocycles. The molecule has 120 valence electrons. The molecule has 0 amide bonds. The van der Waals surface area contributed by atoms with Crippen molar-refractivity contribution in [3.8, 4) is 0 Å². The van der Waals surface area contributed by atoms with Gasteiger partial charge in [0.05, 0.1) is 0 Å². The Hall–Kier alpha value is -0.780. The van der Waals surface area contributed by atoms with Crippen LogP contribution in [0.25, 0.3) is 0 Å². The van der Waals surface area contributed by atoms with E-state index < -0.39 is 0 Å². The maximum Gasteiger partial charge on any atom is -0.0111 e. The number of hydrogen-bond acceptors (Lipinski definition) is 0. The van der Waals surface area contributed by atoms with Crippen LogP contribution in [0.2, 0.25) is 0 Å². The Morgan fingerprint density at radius 3 is 2.00 bits per heavy atom. The molecule has 0 aliphatic carbocycles. The summed E-state index contributed by atoms with van der Waals surface area (Å²) >= 11 is 0. The fraction of sp³-hybridized carbons (Fsp3) is 0.714. The molecule has 0 N–H and O–H groups in total. The van der Waals surface area contributed by atoms with Crippen molar-refractivity contribution in [2.75, 3.05) is 0 Å². The van der Waals surface area contributed by atoms with Crippen molar-refractivity contribution < 1.29 is 0 Å². The molecule has 0 aliphatic heterocycles. The molecular formula is C21H36. The van der Waals surface area contributed by atoms with E-state index in [2.05, 4.69) is 71.9 Å². The first-order valence-electron chi connectivity index (χ1n) is 8.98. The minimum atomic E-state index is 0.377. The molecule has 0 spiro atoms. The van der Waals surface area contributed by atoms with E-state index in [1.165, 1.54) is 37.7 Å². The van der Waals surface area contributed by atoms with E-state index in [-0.39, 0.29) is 0 Å². The summed E-state index contributed by atoms with van der Waals surface area (Å²) in [5, 5.41) is 0. The lowest BCUT2D eigenvalue weighted by Gasteiger charge is -2.41. The molecule has 0 nitrogen and oxygen atoms in total. The van der Waals surface area contributed by atoms with Crippen molar-refractivity contribution in [1.29, 1.82) is 0 Å². The average Bonchev–Trinajstić information content (AvgIpc) is 2.44. The lowest BCUT2D eigenvalue weighted by atomic mass is 9.63. The molecule has 0 bridgehead atoms. The SMILES string of the molecule is CCC(CCCC(C)C)C(C)(C)C(CC)c1ccccc1. The smallest absolute Gasteiger partial charge is 0.0111 e. The van der Waals surface area contributed by atoms with Crippen LogP contribution < -0.4 is 0 Å². The van der Waals surface area contributed by atoms with Crippen molar-refractivity contribution in [3.05, 3.63) is 35.9 Å². The van der Waals surface area contributed by atoms with Gasteiger partial charge < -0.3 is 0 Å². The zero-order valence-electron chi connectivity index (χ0n) is 15.2. The van der Waals surface area contributed by atoms with Crippen LogP contribution in [0.4, 0.5) is 0 Å². The molecule has 0 saturated heterocycles. The first kappa shape index (κ1) is 18.3. The third-order valence-electron chi connectivity index (χ3n) is 5.39. The number of rotatable bonds is 9. The maximum atomic E-state index is 2.50. The highest BCUT2D eigenvalue weighted by Crippen LogP contribution is 2.46. The molecule has 0 radical (unpaired) electrons. The van der Waals surface area contributed by atoms with Gasteiger partial charge in [0.2, 0.25) is 0 Å². The zero-order valence-corrected chi connectivity index (χ0v) is 15.2. The van der Waals surface area contributed by atoms with Crippen LogP contribution in [0.5, 0.6) is 0 Å². The Labute approximate surface area is 133 Å². The first-order valence-corrected chi connectivity index (χ1v) is 8.98. The van der Waals surface area contributed by atoms with E-state index in [9.17, 15) is 0 Å². The average molecular weight is 289 g/mol. The van der Waals surface area contributed by atoms with E-state index in [1.54, 1.807) is 0 Å². The molecule has 0 aromatic heterocycles. The minimum absolute atomic E-state index is 0.377. The van der Waals surface area contributed by atoms with Crippen molar-refractivity contribution in [2.24, 2.45) is 17.3 Å². The lowest BCUT2D eigenvalue weighted by molar-refractivity contribution is 0.140. The topological polar surface area (TPSA) is 0 Å². The monoisotopic (exact) mass is 288 g/mol. The molecule has 0 heteroatoms. The van der Waals surface area contributed by atoms with Gasteiger partial charge >= 0.3 is 0 Å². The van der Waals surface area contributed by atoms with Gasteiger partial charge in [0.15, 0.2) is 0 Å². The summed E-state index contributed by atoms with van der Waals surface area (Å²) in [7, 11) is 0. The lowest BCUT2D eigenvalue weighted by Crippen LogP contribution is -2.31. The van der Waals surface area contributed by atoms with Crippen molar-refractivity contribution in [2.45, 2.75) is 79.6 Å². The second-order valence-corrected chi connectivity index (χ2v) is 7.62. The predicted octanol–water partition coefficient (Wildman–Crippen LogP) is 7.06. The van der Waals surface area contributed by atoms with Gasteiger partial charge in [0.25, 0.3) is 0 Å². The van der Waals surface area contributed by atoms with Gasteiger partial charge in [-0.3, -0.25) is 0 Å². The Kier molecular flexibility index (Phi) is 7.49. The van der Waals surface area contributed by atoms with Gasteiger partial charge in [0.1, 0.15) is 0 Å². The van der Waals surface area contributed by atoms with Crippen LogP contribution in [0.15, 0.2) is 30.3 Å². The third-order valence-corrected chi connectivity index (χ3v) is 5.39. The Balaban J connectivity index is 2.83. The van der Waals surface area contributed by atoms with Gasteiger partial charge in [-0.15, -0.1) is 0 Å². The largest absolute Gasteiger partial charge is 0.0651 e. The van der Waals surface area contributed by atoms with Crippen LogP contribution in [0.1, 0.15) is 85.1 Å². The van der Waals surface area contributed by atoms with E-state index in [0.717, 1.165) is 11.8 Å². The maximum absolute atomic E-state index is 2.50. The van der Waals surface area contributed by atoms with E-state index >= 15 is 0 Å². The highest BCUT2D eigenvalue weighted by atomic mass is 14.4. The summed E-state index contributed by atoms with van der Waals surface area (Å²) in [5.74, 6) is 2.32. The molecule has 0 saturated carbocycles. The highest BCUT2D eigenvalue weighted by molar-refractivity contribution is 5.22. The van der Waals surface area contributed by atoms with Crippen molar-refractivity contribution in [1.82, 2.24) is 0 Å². The van der Waals surface area contributed by atoms with E-state index in [4.69, 9.17) is 0 Å². The first-order chi connectivity index (χ1) is 9.93. The summed E-state index contributed by atoms with van der Waals surface area (Å²) in [6.45, 7) is 14.4.